The molecular formula is C19H23NO2. The number of carbonyl (C=O) groups is 1. The first kappa shape index (κ1) is 16.1. The number of aryl methyl sites for hydroxylation is 1. The summed E-state index contributed by atoms with van der Waals surface area (Å²) in [4.78, 5) is 10.2. The average Bonchev–Trinajstić information content (AvgIpc) is 2.55. The van der Waals surface area contributed by atoms with Crippen LogP contribution < -0.4 is 10.1 Å². The van der Waals surface area contributed by atoms with Crippen LogP contribution in [0.4, 0.5) is 0 Å². The van der Waals surface area contributed by atoms with Gasteiger partial charge < -0.3 is 10.1 Å². The molecule has 0 saturated heterocycles. The van der Waals surface area contributed by atoms with Gasteiger partial charge in [-0.3, -0.25) is 4.79 Å². The molecule has 1 atom stereocenters. The van der Waals surface area contributed by atoms with Crippen molar-refractivity contribution in [3.63, 3.8) is 0 Å². The molecule has 2 rings (SSSR count). The van der Waals surface area contributed by atoms with Gasteiger partial charge in [-0.1, -0.05) is 37.3 Å². The van der Waals surface area contributed by atoms with Crippen LogP contribution in [-0.2, 0) is 11.2 Å². The van der Waals surface area contributed by atoms with Gasteiger partial charge >= 0.3 is 0 Å². The zero-order valence-electron chi connectivity index (χ0n) is 13.0. The summed E-state index contributed by atoms with van der Waals surface area (Å²) < 4.78 is 5.78. The summed E-state index contributed by atoms with van der Waals surface area (Å²) in [5.41, 5.74) is 1.32. The molecule has 1 amide bonds. The molecule has 3 nitrogen and oxygen atoms in total. The summed E-state index contributed by atoms with van der Waals surface area (Å²) in [5, 5.41) is 2.71. The summed E-state index contributed by atoms with van der Waals surface area (Å²) in [5.74, 6) is 2.32. The maximum atomic E-state index is 10.2. The number of hydrogen-bond acceptors (Lipinski definition) is 2. The van der Waals surface area contributed by atoms with E-state index in [0.717, 1.165) is 43.7 Å². The van der Waals surface area contributed by atoms with Crippen molar-refractivity contribution < 1.29 is 9.53 Å². The van der Waals surface area contributed by atoms with Gasteiger partial charge in [0.1, 0.15) is 11.5 Å². The Morgan fingerprint density at radius 2 is 1.68 bits per heavy atom. The van der Waals surface area contributed by atoms with Gasteiger partial charge in [0, 0.05) is 6.54 Å². The van der Waals surface area contributed by atoms with E-state index in [9.17, 15) is 4.79 Å². The van der Waals surface area contributed by atoms with Crippen molar-refractivity contribution in [3.8, 4) is 11.5 Å². The van der Waals surface area contributed by atoms with Gasteiger partial charge in [-0.15, -0.1) is 0 Å². The average molecular weight is 297 g/mol. The molecule has 0 heterocycles. The van der Waals surface area contributed by atoms with E-state index in [4.69, 9.17) is 4.74 Å². The lowest BCUT2D eigenvalue weighted by Gasteiger charge is -2.11. The smallest absolute Gasteiger partial charge is 0.207 e. The molecule has 0 aliphatic rings. The third kappa shape index (κ3) is 5.60. The number of rotatable bonds is 9. The summed E-state index contributed by atoms with van der Waals surface area (Å²) in [6, 6.07) is 18.1. The number of para-hydroxylation sites is 1. The Morgan fingerprint density at radius 3 is 2.36 bits per heavy atom. The van der Waals surface area contributed by atoms with Crippen molar-refractivity contribution in [1.82, 2.24) is 5.32 Å². The Bertz CT molecular complexity index is 551. The molecule has 0 spiro atoms. The lowest BCUT2D eigenvalue weighted by atomic mass is 9.98. The lowest BCUT2D eigenvalue weighted by Crippen LogP contribution is -2.15. The Labute approximate surface area is 132 Å². The van der Waals surface area contributed by atoms with E-state index in [1.54, 1.807) is 0 Å². The first-order valence-corrected chi connectivity index (χ1v) is 7.77. The molecule has 2 aromatic carbocycles. The molecule has 116 valence electrons. The largest absolute Gasteiger partial charge is 0.457 e. The zero-order valence-corrected chi connectivity index (χ0v) is 13.0. The van der Waals surface area contributed by atoms with Gasteiger partial charge in [0.15, 0.2) is 0 Å². The summed E-state index contributed by atoms with van der Waals surface area (Å²) in [7, 11) is 0. The normalized spacial score (nSPS) is 11.7. The minimum atomic E-state index is 0.604. The van der Waals surface area contributed by atoms with Crippen molar-refractivity contribution in [2.45, 2.75) is 26.2 Å². The number of hydrogen-bond donors (Lipinski definition) is 1. The van der Waals surface area contributed by atoms with Crippen LogP contribution in [0.3, 0.4) is 0 Å². The number of carbonyl (C=O) groups excluding carboxylic acids is 1. The summed E-state index contributed by atoms with van der Waals surface area (Å²) in [6.45, 7) is 2.98. The van der Waals surface area contributed by atoms with Gasteiger partial charge in [0.05, 0.1) is 0 Å². The third-order valence-electron chi connectivity index (χ3n) is 3.69. The van der Waals surface area contributed by atoms with Crippen LogP contribution in [-0.4, -0.2) is 13.0 Å². The zero-order chi connectivity index (χ0) is 15.6. The van der Waals surface area contributed by atoms with Crippen LogP contribution in [0.2, 0.25) is 0 Å². The van der Waals surface area contributed by atoms with Crippen LogP contribution in [0.15, 0.2) is 54.6 Å². The monoisotopic (exact) mass is 297 g/mol. The van der Waals surface area contributed by atoms with E-state index in [1.807, 2.05) is 42.5 Å². The molecular weight excluding hydrogens is 274 g/mol. The van der Waals surface area contributed by atoms with E-state index in [0.29, 0.717) is 5.92 Å². The SMILES string of the molecule is CC(CCNC=O)CCc1ccc(Oc2ccccc2)cc1. The first-order valence-electron chi connectivity index (χ1n) is 7.77. The number of amides is 1. The Morgan fingerprint density at radius 1 is 1.00 bits per heavy atom. The molecule has 0 bridgehead atoms. The van der Waals surface area contributed by atoms with E-state index in [-0.39, 0.29) is 0 Å². The highest BCUT2D eigenvalue weighted by molar-refractivity contribution is 5.45. The predicted octanol–water partition coefficient (Wildman–Crippen LogP) is 4.18. The first-order chi connectivity index (χ1) is 10.8. The van der Waals surface area contributed by atoms with Crippen molar-refractivity contribution in [2.75, 3.05) is 6.54 Å². The molecule has 0 aliphatic carbocycles. The maximum absolute atomic E-state index is 10.2. The summed E-state index contributed by atoms with van der Waals surface area (Å²) in [6.07, 6.45) is 3.96. The second-order valence-electron chi connectivity index (χ2n) is 5.56. The van der Waals surface area contributed by atoms with Crippen molar-refractivity contribution in [1.29, 1.82) is 0 Å². The molecule has 0 fully saturated rings. The van der Waals surface area contributed by atoms with Crippen molar-refractivity contribution >= 4 is 6.41 Å². The van der Waals surface area contributed by atoms with Gasteiger partial charge in [0.2, 0.25) is 6.41 Å². The van der Waals surface area contributed by atoms with Crippen molar-refractivity contribution in [3.05, 3.63) is 60.2 Å². The molecule has 3 heteroatoms. The standard InChI is InChI=1S/C19H23NO2/c1-16(13-14-20-15-21)7-8-17-9-11-19(12-10-17)22-18-5-3-2-4-6-18/h2-6,9-12,15-16H,7-8,13-14H2,1H3,(H,20,21). The molecule has 0 aliphatic heterocycles. The van der Waals surface area contributed by atoms with E-state index < -0.39 is 0 Å². The van der Waals surface area contributed by atoms with Crippen molar-refractivity contribution in [2.24, 2.45) is 5.92 Å². The molecule has 1 unspecified atom stereocenters. The Kier molecular flexibility index (Phi) is 6.49. The molecule has 0 saturated carbocycles. The topological polar surface area (TPSA) is 38.3 Å². The second kappa shape index (κ2) is 8.88. The number of benzene rings is 2. The van der Waals surface area contributed by atoms with Crippen LogP contribution >= 0.6 is 0 Å². The van der Waals surface area contributed by atoms with Crippen LogP contribution in [0.25, 0.3) is 0 Å². The minimum absolute atomic E-state index is 0.604. The van der Waals surface area contributed by atoms with Gasteiger partial charge in [-0.25, -0.2) is 0 Å². The van der Waals surface area contributed by atoms with Gasteiger partial charge in [-0.05, 0) is 55.0 Å². The van der Waals surface area contributed by atoms with E-state index in [2.05, 4.69) is 24.4 Å². The molecule has 2 aromatic rings. The third-order valence-corrected chi connectivity index (χ3v) is 3.69. The van der Waals surface area contributed by atoms with Crippen LogP contribution in [0.1, 0.15) is 25.3 Å². The highest BCUT2D eigenvalue weighted by atomic mass is 16.5. The van der Waals surface area contributed by atoms with E-state index >= 15 is 0 Å². The maximum Gasteiger partial charge on any atom is 0.207 e. The Hall–Kier alpha value is -2.29. The second-order valence-corrected chi connectivity index (χ2v) is 5.56. The number of nitrogens with one attached hydrogen (secondary N) is 1. The van der Waals surface area contributed by atoms with Crippen LogP contribution in [0.5, 0.6) is 11.5 Å². The highest BCUT2D eigenvalue weighted by Crippen LogP contribution is 2.22. The number of ether oxygens (including phenoxy) is 1. The molecule has 22 heavy (non-hydrogen) atoms. The van der Waals surface area contributed by atoms with Crippen LogP contribution in [0, 0.1) is 5.92 Å². The fraction of sp³-hybridized carbons (Fsp3) is 0.316. The Balaban J connectivity index is 1.78. The fourth-order valence-electron chi connectivity index (χ4n) is 2.29. The quantitative estimate of drug-likeness (QED) is 0.557. The molecule has 0 radical (unpaired) electrons. The van der Waals surface area contributed by atoms with Gasteiger partial charge in [0.25, 0.3) is 0 Å². The van der Waals surface area contributed by atoms with E-state index in [1.165, 1.54) is 5.56 Å². The molecule has 1 N–H and O–H groups in total. The summed E-state index contributed by atoms with van der Waals surface area (Å²) >= 11 is 0. The fourth-order valence-corrected chi connectivity index (χ4v) is 2.29. The molecule has 0 aromatic heterocycles. The minimum Gasteiger partial charge on any atom is -0.457 e. The predicted molar refractivity (Wildman–Crippen MR) is 89.1 cm³/mol. The highest BCUT2D eigenvalue weighted by Gasteiger charge is 2.03. The lowest BCUT2D eigenvalue weighted by molar-refractivity contribution is -0.109. The van der Waals surface area contributed by atoms with Gasteiger partial charge in [-0.2, -0.15) is 0 Å².